The third-order valence-corrected chi connectivity index (χ3v) is 5.12. The van der Waals surface area contributed by atoms with Crippen LogP contribution in [0.4, 0.5) is 5.69 Å². The molecule has 3 aromatic carbocycles. The van der Waals surface area contributed by atoms with E-state index in [-0.39, 0.29) is 11.0 Å². The Kier molecular flexibility index (Phi) is 6.25. The van der Waals surface area contributed by atoms with Crippen molar-refractivity contribution >= 4 is 51.6 Å². The van der Waals surface area contributed by atoms with Gasteiger partial charge in [-0.2, -0.15) is 0 Å². The molecular formula is C23H18ClN3O4S. The zero-order valence-electron chi connectivity index (χ0n) is 17.1. The van der Waals surface area contributed by atoms with Gasteiger partial charge >= 0.3 is 0 Å². The number of hydrogen-bond donors (Lipinski definition) is 2. The number of rotatable bonds is 5. The molecular weight excluding hydrogens is 450 g/mol. The lowest BCUT2D eigenvalue weighted by molar-refractivity contribution is 0.0977. The monoisotopic (exact) mass is 467 g/mol. The SMILES string of the molecule is COc1ccc2oc(-c3ccc(NC(=S)NC(=O)c4ccc(OC)c(Cl)c4)cc3)nc2c1. The highest BCUT2D eigenvalue weighted by Gasteiger charge is 2.12. The molecule has 32 heavy (non-hydrogen) atoms. The van der Waals surface area contributed by atoms with Crippen molar-refractivity contribution in [3.8, 4) is 23.0 Å². The van der Waals surface area contributed by atoms with Crippen LogP contribution in [0.1, 0.15) is 10.4 Å². The fourth-order valence-corrected chi connectivity index (χ4v) is 3.47. The van der Waals surface area contributed by atoms with Gasteiger partial charge in [0.2, 0.25) is 5.89 Å². The molecule has 0 aliphatic heterocycles. The molecule has 1 amide bonds. The van der Waals surface area contributed by atoms with Gasteiger partial charge in [0.25, 0.3) is 5.91 Å². The summed E-state index contributed by atoms with van der Waals surface area (Å²) in [6.07, 6.45) is 0. The maximum Gasteiger partial charge on any atom is 0.257 e. The van der Waals surface area contributed by atoms with Crippen molar-refractivity contribution in [3.05, 3.63) is 71.2 Å². The summed E-state index contributed by atoms with van der Waals surface area (Å²) in [6.45, 7) is 0. The predicted molar refractivity (Wildman–Crippen MR) is 128 cm³/mol. The van der Waals surface area contributed by atoms with Gasteiger partial charge in [-0.25, -0.2) is 4.98 Å². The van der Waals surface area contributed by atoms with Crippen LogP contribution >= 0.6 is 23.8 Å². The summed E-state index contributed by atoms with van der Waals surface area (Å²) in [7, 11) is 3.11. The predicted octanol–water partition coefficient (Wildman–Crippen LogP) is 5.29. The van der Waals surface area contributed by atoms with Crippen LogP contribution in [0, 0.1) is 0 Å². The lowest BCUT2D eigenvalue weighted by Gasteiger charge is -2.10. The van der Waals surface area contributed by atoms with Crippen molar-refractivity contribution in [1.82, 2.24) is 10.3 Å². The van der Waals surface area contributed by atoms with Crippen LogP contribution in [0.5, 0.6) is 11.5 Å². The number of benzene rings is 3. The first-order valence-electron chi connectivity index (χ1n) is 9.47. The Balaban J connectivity index is 1.41. The normalized spacial score (nSPS) is 10.6. The Morgan fingerprint density at radius 2 is 1.81 bits per heavy atom. The van der Waals surface area contributed by atoms with E-state index in [9.17, 15) is 4.79 Å². The molecule has 0 bridgehead atoms. The molecule has 4 rings (SSSR count). The van der Waals surface area contributed by atoms with Gasteiger partial charge < -0.3 is 19.2 Å². The number of aromatic nitrogens is 1. The summed E-state index contributed by atoms with van der Waals surface area (Å²) in [5.74, 6) is 1.31. The first kappa shape index (κ1) is 21.6. The Bertz CT molecular complexity index is 1300. The smallest absolute Gasteiger partial charge is 0.257 e. The average molecular weight is 468 g/mol. The second kappa shape index (κ2) is 9.25. The fraction of sp³-hybridized carbons (Fsp3) is 0.0870. The van der Waals surface area contributed by atoms with Crippen LogP contribution in [0.15, 0.2) is 65.1 Å². The van der Waals surface area contributed by atoms with Crippen molar-refractivity contribution in [1.29, 1.82) is 0 Å². The highest BCUT2D eigenvalue weighted by Crippen LogP contribution is 2.28. The van der Waals surface area contributed by atoms with Gasteiger partial charge in [-0.05, 0) is 66.8 Å². The van der Waals surface area contributed by atoms with Crippen molar-refractivity contribution < 1.29 is 18.7 Å². The minimum Gasteiger partial charge on any atom is -0.497 e. The number of thiocarbonyl (C=S) groups is 1. The van der Waals surface area contributed by atoms with E-state index in [4.69, 9.17) is 37.7 Å². The van der Waals surface area contributed by atoms with Crippen LogP contribution in [0.25, 0.3) is 22.6 Å². The van der Waals surface area contributed by atoms with Gasteiger partial charge in [0.15, 0.2) is 10.7 Å². The number of ether oxygens (including phenoxy) is 2. The van der Waals surface area contributed by atoms with Crippen molar-refractivity contribution in [2.75, 3.05) is 19.5 Å². The Morgan fingerprint density at radius 3 is 2.50 bits per heavy atom. The standard InChI is InChI=1S/C23H18ClN3O4S/c1-29-16-8-10-20-18(12-16)26-22(31-20)13-3-6-15(7-4-13)25-23(32)27-21(28)14-5-9-19(30-2)17(24)11-14/h3-12H,1-2H3,(H2,25,27,28,32). The number of amides is 1. The number of methoxy groups -OCH3 is 2. The number of oxazole rings is 1. The molecule has 0 saturated heterocycles. The van der Waals surface area contributed by atoms with Gasteiger partial charge in [-0.3, -0.25) is 10.1 Å². The average Bonchev–Trinajstić information content (AvgIpc) is 3.22. The number of halogens is 1. The molecule has 0 aliphatic carbocycles. The summed E-state index contributed by atoms with van der Waals surface area (Å²) >= 11 is 11.3. The van der Waals surface area contributed by atoms with E-state index >= 15 is 0 Å². The van der Waals surface area contributed by atoms with E-state index in [0.29, 0.717) is 44.8 Å². The first-order valence-corrected chi connectivity index (χ1v) is 10.3. The molecule has 162 valence electrons. The molecule has 0 unspecified atom stereocenters. The van der Waals surface area contributed by atoms with Gasteiger partial charge in [0.1, 0.15) is 17.0 Å². The molecule has 1 heterocycles. The fourth-order valence-electron chi connectivity index (χ4n) is 3.00. The third kappa shape index (κ3) is 4.66. The third-order valence-electron chi connectivity index (χ3n) is 4.63. The van der Waals surface area contributed by atoms with Gasteiger partial charge in [-0.1, -0.05) is 11.6 Å². The molecule has 7 nitrogen and oxygen atoms in total. The van der Waals surface area contributed by atoms with Crippen LogP contribution in [0.3, 0.4) is 0 Å². The number of carbonyl (C=O) groups is 1. The number of nitrogens with zero attached hydrogens (tertiary/aromatic N) is 1. The number of hydrogen-bond acceptors (Lipinski definition) is 6. The van der Waals surface area contributed by atoms with E-state index < -0.39 is 0 Å². The Morgan fingerprint density at radius 1 is 1.03 bits per heavy atom. The zero-order chi connectivity index (χ0) is 22.7. The summed E-state index contributed by atoms with van der Waals surface area (Å²) in [4.78, 5) is 16.9. The van der Waals surface area contributed by atoms with E-state index in [1.165, 1.54) is 13.2 Å². The molecule has 1 aromatic heterocycles. The molecule has 2 N–H and O–H groups in total. The lowest BCUT2D eigenvalue weighted by Crippen LogP contribution is -2.34. The van der Waals surface area contributed by atoms with Crippen molar-refractivity contribution in [3.63, 3.8) is 0 Å². The number of fused-ring (bicyclic) bond motifs is 1. The topological polar surface area (TPSA) is 85.6 Å². The molecule has 9 heteroatoms. The lowest BCUT2D eigenvalue weighted by atomic mass is 10.2. The minimum absolute atomic E-state index is 0.156. The summed E-state index contributed by atoms with van der Waals surface area (Å²) in [5, 5.41) is 6.09. The molecule has 0 fully saturated rings. The maximum atomic E-state index is 12.4. The van der Waals surface area contributed by atoms with E-state index in [1.54, 1.807) is 19.2 Å². The molecule has 0 radical (unpaired) electrons. The van der Waals surface area contributed by atoms with E-state index in [2.05, 4.69) is 15.6 Å². The summed E-state index contributed by atoms with van der Waals surface area (Å²) in [5.41, 5.74) is 3.25. The number of nitrogens with one attached hydrogen (secondary N) is 2. The number of carbonyl (C=O) groups excluding carboxylic acids is 1. The second-order valence-electron chi connectivity index (χ2n) is 6.69. The van der Waals surface area contributed by atoms with Crippen LogP contribution in [0.2, 0.25) is 5.02 Å². The first-order chi connectivity index (χ1) is 15.5. The van der Waals surface area contributed by atoms with Crippen molar-refractivity contribution in [2.24, 2.45) is 0 Å². The highest BCUT2D eigenvalue weighted by molar-refractivity contribution is 7.80. The Labute approximate surface area is 194 Å². The van der Waals surface area contributed by atoms with Crippen molar-refractivity contribution in [2.45, 2.75) is 0 Å². The number of anilines is 1. The Hall–Kier alpha value is -3.62. The quantitative estimate of drug-likeness (QED) is 0.385. The summed E-state index contributed by atoms with van der Waals surface area (Å²) < 4.78 is 16.1. The van der Waals surface area contributed by atoms with Crippen LogP contribution in [-0.2, 0) is 0 Å². The zero-order valence-corrected chi connectivity index (χ0v) is 18.7. The molecule has 0 aliphatic rings. The largest absolute Gasteiger partial charge is 0.497 e. The second-order valence-corrected chi connectivity index (χ2v) is 7.50. The van der Waals surface area contributed by atoms with E-state index in [0.717, 1.165) is 5.56 Å². The summed E-state index contributed by atoms with van der Waals surface area (Å²) in [6, 6.07) is 17.5. The van der Waals surface area contributed by atoms with E-state index in [1.807, 2.05) is 42.5 Å². The van der Waals surface area contributed by atoms with Gasteiger partial charge in [-0.15, -0.1) is 0 Å². The van der Waals surface area contributed by atoms with Crippen LogP contribution in [-0.4, -0.2) is 30.2 Å². The van der Waals surface area contributed by atoms with Gasteiger partial charge in [0.05, 0.1) is 19.2 Å². The maximum absolute atomic E-state index is 12.4. The molecule has 0 spiro atoms. The molecule has 0 atom stereocenters. The van der Waals surface area contributed by atoms with Gasteiger partial charge in [0, 0.05) is 22.9 Å². The van der Waals surface area contributed by atoms with Crippen LogP contribution < -0.4 is 20.1 Å². The molecule has 4 aromatic rings. The highest BCUT2D eigenvalue weighted by atomic mass is 35.5. The minimum atomic E-state index is -0.384. The molecule has 0 saturated carbocycles.